The summed E-state index contributed by atoms with van der Waals surface area (Å²) < 4.78 is 5.26. The Bertz CT molecular complexity index is 201. The summed E-state index contributed by atoms with van der Waals surface area (Å²) in [5.74, 6) is 0. The zero-order valence-electron chi connectivity index (χ0n) is 7.60. The lowest BCUT2D eigenvalue weighted by molar-refractivity contribution is -0.195. The quantitative estimate of drug-likeness (QED) is 0.581. The molecule has 3 aliphatic rings. The summed E-state index contributed by atoms with van der Waals surface area (Å²) >= 11 is 0. The van der Waals surface area contributed by atoms with Crippen molar-refractivity contribution in [1.29, 1.82) is 0 Å². The highest BCUT2D eigenvalue weighted by Crippen LogP contribution is 2.40. The molecule has 3 aliphatic heterocycles. The van der Waals surface area contributed by atoms with Crippen molar-refractivity contribution >= 4 is 0 Å². The minimum absolute atomic E-state index is 0.390. The molecular formula is C9H16N2O. The second-order valence-electron chi connectivity index (χ2n) is 4.95. The third kappa shape index (κ3) is 0.767. The Morgan fingerprint density at radius 2 is 1.92 bits per heavy atom. The monoisotopic (exact) mass is 168 g/mol. The standard InChI is InChI=1S/C9H16N2O/c1-8(6-12-7-8)11-4-9(5-11)2-10-3-9/h10H,2-7H2,1H3. The van der Waals surface area contributed by atoms with Gasteiger partial charge >= 0.3 is 0 Å². The van der Waals surface area contributed by atoms with Crippen molar-refractivity contribution in [2.45, 2.75) is 12.5 Å². The summed E-state index contributed by atoms with van der Waals surface area (Å²) in [5, 5.41) is 3.35. The zero-order valence-corrected chi connectivity index (χ0v) is 7.60. The van der Waals surface area contributed by atoms with E-state index in [-0.39, 0.29) is 0 Å². The van der Waals surface area contributed by atoms with Crippen molar-refractivity contribution in [1.82, 2.24) is 10.2 Å². The normalized spacial score (nSPS) is 36.8. The number of nitrogens with zero attached hydrogens (tertiary/aromatic N) is 1. The highest BCUT2D eigenvalue weighted by molar-refractivity contribution is 5.09. The van der Waals surface area contributed by atoms with Crippen LogP contribution in [-0.2, 0) is 4.74 Å². The van der Waals surface area contributed by atoms with E-state index in [0.717, 1.165) is 13.2 Å². The third-order valence-electron chi connectivity index (χ3n) is 3.64. The van der Waals surface area contributed by atoms with Crippen molar-refractivity contribution in [2.75, 3.05) is 39.4 Å². The van der Waals surface area contributed by atoms with Crippen molar-refractivity contribution in [3.8, 4) is 0 Å². The van der Waals surface area contributed by atoms with Crippen LogP contribution in [0.5, 0.6) is 0 Å². The molecule has 68 valence electrons. The van der Waals surface area contributed by atoms with Crippen LogP contribution >= 0.6 is 0 Å². The van der Waals surface area contributed by atoms with Crippen molar-refractivity contribution in [2.24, 2.45) is 5.41 Å². The van der Waals surface area contributed by atoms with Gasteiger partial charge in [0.2, 0.25) is 0 Å². The summed E-state index contributed by atoms with van der Waals surface area (Å²) in [5.41, 5.74) is 1.06. The molecule has 0 bridgehead atoms. The maximum absolute atomic E-state index is 5.26. The molecule has 12 heavy (non-hydrogen) atoms. The number of nitrogens with one attached hydrogen (secondary N) is 1. The van der Waals surface area contributed by atoms with Crippen LogP contribution in [0.15, 0.2) is 0 Å². The van der Waals surface area contributed by atoms with E-state index in [1.165, 1.54) is 26.2 Å². The van der Waals surface area contributed by atoms with Crippen LogP contribution < -0.4 is 5.32 Å². The maximum atomic E-state index is 5.26. The van der Waals surface area contributed by atoms with Crippen molar-refractivity contribution in [3.63, 3.8) is 0 Å². The van der Waals surface area contributed by atoms with E-state index in [9.17, 15) is 0 Å². The Labute approximate surface area is 73.1 Å². The summed E-state index contributed by atoms with van der Waals surface area (Å²) in [6.07, 6.45) is 0. The first kappa shape index (κ1) is 7.30. The molecule has 3 fully saturated rings. The van der Waals surface area contributed by atoms with Gasteiger partial charge in [-0.2, -0.15) is 0 Å². The molecule has 0 radical (unpaired) electrons. The first-order valence-electron chi connectivity index (χ1n) is 4.76. The molecule has 3 heteroatoms. The fraction of sp³-hybridized carbons (Fsp3) is 1.00. The lowest BCUT2D eigenvalue weighted by atomic mass is 9.71. The molecule has 0 atom stereocenters. The molecule has 0 unspecified atom stereocenters. The molecule has 1 spiro atoms. The number of likely N-dealkylation sites (tertiary alicyclic amines) is 1. The van der Waals surface area contributed by atoms with Crippen LogP contribution in [-0.4, -0.2) is 49.8 Å². The summed E-state index contributed by atoms with van der Waals surface area (Å²) in [7, 11) is 0. The highest BCUT2D eigenvalue weighted by Gasteiger charge is 2.54. The van der Waals surface area contributed by atoms with E-state index < -0.39 is 0 Å². The lowest BCUT2D eigenvalue weighted by Gasteiger charge is -2.63. The van der Waals surface area contributed by atoms with E-state index >= 15 is 0 Å². The molecule has 0 aromatic rings. The molecule has 0 amide bonds. The van der Waals surface area contributed by atoms with Gasteiger partial charge < -0.3 is 10.1 Å². The van der Waals surface area contributed by atoms with E-state index in [1.807, 2.05) is 0 Å². The minimum Gasteiger partial charge on any atom is -0.377 e. The third-order valence-corrected chi connectivity index (χ3v) is 3.64. The van der Waals surface area contributed by atoms with Gasteiger partial charge in [0.05, 0.1) is 18.8 Å². The summed E-state index contributed by atoms with van der Waals surface area (Å²) in [6, 6.07) is 0. The van der Waals surface area contributed by atoms with Crippen LogP contribution in [0.4, 0.5) is 0 Å². The van der Waals surface area contributed by atoms with Crippen LogP contribution in [0.3, 0.4) is 0 Å². The Kier molecular flexibility index (Phi) is 1.23. The number of hydrogen-bond donors (Lipinski definition) is 1. The molecule has 3 nitrogen and oxygen atoms in total. The molecule has 3 rings (SSSR count). The van der Waals surface area contributed by atoms with E-state index in [1.54, 1.807) is 0 Å². The van der Waals surface area contributed by atoms with Crippen molar-refractivity contribution in [3.05, 3.63) is 0 Å². The first-order chi connectivity index (χ1) is 5.73. The molecule has 3 saturated heterocycles. The van der Waals surface area contributed by atoms with Gasteiger partial charge in [-0.05, 0) is 6.92 Å². The van der Waals surface area contributed by atoms with Gasteiger partial charge in [0.25, 0.3) is 0 Å². The largest absolute Gasteiger partial charge is 0.377 e. The molecule has 0 saturated carbocycles. The van der Waals surface area contributed by atoms with Crippen molar-refractivity contribution < 1.29 is 4.74 Å². The molecule has 3 heterocycles. The van der Waals surface area contributed by atoms with Gasteiger partial charge in [0.1, 0.15) is 0 Å². The molecule has 0 aromatic heterocycles. The second-order valence-corrected chi connectivity index (χ2v) is 4.95. The lowest BCUT2D eigenvalue weighted by Crippen LogP contribution is -2.77. The zero-order chi connectivity index (χ0) is 8.23. The number of hydrogen-bond acceptors (Lipinski definition) is 3. The number of rotatable bonds is 1. The van der Waals surface area contributed by atoms with Crippen LogP contribution in [0, 0.1) is 5.41 Å². The Morgan fingerprint density at radius 1 is 1.25 bits per heavy atom. The molecule has 0 aliphatic carbocycles. The van der Waals surface area contributed by atoms with Crippen LogP contribution in [0.25, 0.3) is 0 Å². The smallest absolute Gasteiger partial charge is 0.0671 e. The molecular weight excluding hydrogens is 152 g/mol. The van der Waals surface area contributed by atoms with E-state index in [4.69, 9.17) is 4.74 Å². The average Bonchev–Trinajstić information content (AvgIpc) is 1.77. The van der Waals surface area contributed by atoms with Crippen LogP contribution in [0.2, 0.25) is 0 Å². The van der Waals surface area contributed by atoms with Gasteiger partial charge in [-0.1, -0.05) is 0 Å². The summed E-state index contributed by atoms with van der Waals surface area (Å²) in [6.45, 7) is 9.25. The summed E-state index contributed by atoms with van der Waals surface area (Å²) in [4.78, 5) is 2.58. The topological polar surface area (TPSA) is 24.5 Å². The molecule has 1 N–H and O–H groups in total. The Hall–Kier alpha value is -0.120. The van der Waals surface area contributed by atoms with E-state index in [0.29, 0.717) is 11.0 Å². The second kappa shape index (κ2) is 2.03. The first-order valence-corrected chi connectivity index (χ1v) is 4.76. The average molecular weight is 168 g/mol. The van der Waals surface area contributed by atoms with Gasteiger partial charge in [-0.3, -0.25) is 4.90 Å². The fourth-order valence-corrected chi connectivity index (χ4v) is 2.43. The predicted octanol–water partition coefficient (Wildman–Crippen LogP) is -0.319. The fourth-order valence-electron chi connectivity index (χ4n) is 2.43. The minimum atomic E-state index is 0.390. The predicted molar refractivity (Wildman–Crippen MR) is 46.1 cm³/mol. The van der Waals surface area contributed by atoms with Gasteiger partial charge in [-0.25, -0.2) is 0 Å². The highest BCUT2D eigenvalue weighted by atomic mass is 16.5. The van der Waals surface area contributed by atoms with Crippen LogP contribution in [0.1, 0.15) is 6.92 Å². The SMILES string of the molecule is CC1(N2CC3(CNC3)C2)COC1. The van der Waals surface area contributed by atoms with Gasteiger partial charge in [0, 0.05) is 31.6 Å². The van der Waals surface area contributed by atoms with E-state index in [2.05, 4.69) is 17.1 Å². The maximum Gasteiger partial charge on any atom is 0.0671 e. The Morgan fingerprint density at radius 3 is 2.25 bits per heavy atom. The van der Waals surface area contributed by atoms with Gasteiger partial charge in [-0.15, -0.1) is 0 Å². The van der Waals surface area contributed by atoms with Gasteiger partial charge in [0.15, 0.2) is 0 Å². The Balaban J connectivity index is 1.61. The molecule has 0 aromatic carbocycles. The number of ether oxygens (including phenoxy) is 1.